The van der Waals surface area contributed by atoms with Gasteiger partial charge < -0.3 is 10.5 Å². The van der Waals surface area contributed by atoms with E-state index in [0.29, 0.717) is 11.6 Å². The van der Waals surface area contributed by atoms with Crippen LogP contribution in [-0.4, -0.2) is 12.4 Å². The van der Waals surface area contributed by atoms with Crippen molar-refractivity contribution < 1.29 is 4.74 Å². The van der Waals surface area contributed by atoms with Crippen LogP contribution in [0.5, 0.6) is 5.75 Å². The molecule has 0 aromatic heterocycles. The molecule has 0 saturated heterocycles. The molecule has 2 aromatic carbocycles. The number of benzene rings is 2. The number of halogens is 1. The van der Waals surface area contributed by atoms with Crippen molar-refractivity contribution in [2.45, 2.75) is 11.8 Å². The van der Waals surface area contributed by atoms with Crippen LogP contribution in [0.4, 0.5) is 5.69 Å². The molecule has 0 aliphatic rings. The predicted octanol–water partition coefficient (Wildman–Crippen LogP) is 4.40. The Morgan fingerprint density at radius 3 is 2.79 bits per heavy atom. The first kappa shape index (κ1) is 14.1. The maximum Gasteiger partial charge on any atom is 0.120 e. The Labute approximate surface area is 122 Å². The van der Waals surface area contributed by atoms with E-state index in [1.807, 2.05) is 36.4 Å². The summed E-state index contributed by atoms with van der Waals surface area (Å²) < 4.78 is 5.64. The molecule has 0 spiro atoms. The van der Waals surface area contributed by atoms with Crippen LogP contribution in [-0.2, 0) is 0 Å². The molecule has 0 amide bonds. The summed E-state index contributed by atoms with van der Waals surface area (Å²) in [4.78, 5) is 1.24. The number of anilines is 1. The lowest BCUT2D eigenvalue weighted by molar-refractivity contribution is 0.344. The second-order valence-electron chi connectivity index (χ2n) is 4.18. The molecule has 0 atom stereocenters. The van der Waals surface area contributed by atoms with Crippen LogP contribution in [0, 0.1) is 6.92 Å². The van der Waals surface area contributed by atoms with Crippen LogP contribution in [0.2, 0.25) is 5.02 Å². The second-order valence-corrected chi connectivity index (χ2v) is 5.75. The fourth-order valence-electron chi connectivity index (χ4n) is 1.70. The van der Waals surface area contributed by atoms with Gasteiger partial charge in [-0.05, 0) is 48.9 Å². The largest absolute Gasteiger partial charge is 0.493 e. The summed E-state index contributed by atoms with van der Waals surface area (Å²) in [5, 5.41) is 0.694. The highest BCUT2D eigenvalue weighted by molar-refractivity contribution is 7.99. The lowest BCUT2D eigenvalue weighted by Gasteiger charge is -2.08. The molecule has 0 saturated carbocycles. The molecule has 0 aliphatic carbocycles. The predicted molar refractivity (Wildman–Crippen MR) is 83.3 cm³/mol. The summed E-state index contributed by atoms with van der Waals surface area (Å²) in [7, 11) is 0. The first-order valence-corrected chi connectivity index (χ1v) is 7.39. The van der Waals surface area contributed by atoms with Crippen LogP contribution in [0.25, 0.3) is 0 Å². The van der Waals surface area contributed by atoms with Crippen molar-refractivity contribution in [3.8, 4) is 5.75 Å². The van der Waals surface area contributed by atoms with Gasteiger partial charge in [0.25, 0.3) is 0 Å². The van der Waals surface area contributed by atoms with E-state index in [0.717, 1.165) is 17.2 Å². The lowest BCUT2D eigenvalue weighted by atomic mass is 10.2. The zero-order valence-corrected chi connectivity index (χ0v) is 12.3. The van der Waals surface area contributed by atoms with Crippen molar-refractivity contribution in [3.63, 3.8) is 0 Å². The van der Waals surface area contributed by atoms with Crippen LogP contribution in [0.3, 0.4) is 0 Å². The molecule has 2 nitrogen and oxygen atoms in total. The number of aryl methyl sites for hydroxylation is 1. The molecule has 2 rings (SSSR count). The van der Waals surface area contributed by atoms with Gasteiger partial charge in [-0.3, -0.25) is 0 Å². The van der Waals surface area contributed by atoms with E-state index in [1.165, 1.54) is 10.5 Å². The van der Waals surface area contributed by atoms with Crippen LogP contribution >= 0.6 is 23.4 Å². The monoisotopic (exact) mass is 293 g/mol. The molecule has 19 heavy (non-hydrogen) atoms. The third-order valence-electron chi connectivity index (χ3n) is 2.60. The van der Waals surface area contributed by atoms with Gasteiger partial charge in [0, 0.05) is 21.4 Å². The van der Waals surface area contributed by atoms with Crippen molar-refractivity contribution in [2.75, 3.05) is 18.1 Å². The SMILES string of the molecule is Cc1cc(N)ccc1SCCOc1cccc(Cl)c1. The van der Waals surface area contributed by atoms with Gasteiger partial charge in [-0.25, -0.2) is 0 Å². The zero-order chi connectivity index (χ0) is 13.7. The number of hydrogen-bond donors (Lipinski definition) is 1. The first-order chi connectivity index (χ1) is 9.15. The van der Waals surface area contributed by atoms with Crippen molar-refractivity contribution in [1.29, 1.82) is 0 Å². The summed E-state index contributed by atoms with van der Waals surface area (Å²) in [5.74, 6) is 1.69. The van der Waals surface area contributed by atoms with Gasteiger partial charge in [-0.1, -0.05) is 17.7 Å². The smallest absolute Gasteiger partial charge is 0.120 e. The molecule has 0 fully saturated rings. The molecule has 0 bridgehead atoms. The number of hydrogen-bond acceptors (Lipinski definition) is 3. The quantitative estimate of drug-likeness (QED) is 0.504. The molecular formula is C15H16ClNOS. The first-order valence-electron chi connectivity index (χ1n) is 6.02. The minimum Gasteiger partial charge on any atom is -0.493 e. The summed E-state index contributed by atoms with van der Waals surface area (Å²) >= 11 is 7.66. The number of nitrogen functional groups attached to an aromatic ring is 1. The molecule has 4 heteroatoms. The number of thioether (sulfide) groups is 1. The lowest BCUT2D eigenvalue weighted by Crippen LogP contribution is -2.00. The molecular weight excluding hydrogens is 278 g/mol. The Kier molecular flexibility index (Phi) is 5.00. The van der Waals surface area contributed by atoms with Crippen molar-refractivity contribution in [2.24, 2.45) is 0 Å². The average Bonchev–Trinajstić information content (AvgIpc) is 2.37. The van der Waals surface area contributed by atoms with Gasteiger partial charge in [-0.2, -0.15) is 0 Å². The van der Waals surface area contributed by atoms with E-state index in [4.69, 9.17) is 22.1 Å². The molecule has 100 valence electrons. The number of ether oxygens (including phenoxy) is 1. The van der Waals surface area contributed by atoms with Crippen LogP contribution in [0.15, 0.2) is 47.4 Å². The van der Waals surface area contributed by atoms with Crippen LogP contribution < -0.4 is 10.5 Å². The van der Waals surface area contributed by atoms with E-state index < -0.39 is 0 Å². The van der Waals surface area contributed by atoms with Gasteiger partial charge in [0.15, 0.2) is 0 Å². The van der Waals surface area contributed by atoms with Gasteiger partial charge in [-0.15, -0.1) is 11.8 Å². The normalized spacial score (nSPS) is 10.4. The molecule has 0 heterocycles. The minimum absolute atomic E-state index is 0.648. The van der Waals surface area contributed by atoms with Crippen molar-refractivity contribution in [3.05, 3.63) is 53.1 Å². The highest BCUT2D eigenvalue weighted by Gasteiger charge is 2.00. The molecule has 2 aromatic rings. The van der Waals surface area contributed by atoms with Gasteiger partial charge in [0.2, 0.25) is 0 Å². The van der Waals surface area contributed by atoms with E-state index in [-0.39, 0.29) is 0 Å². The van der Waals surface area contributed by atoms with E-state index in [2.05, 4.69) is 13.0 Å². The number of nitrogens with two attached hydrogens (primary N) is 1. The molecule has 2 N–H and O–H groups in total. The highest BCUT2D eigenvalue weighted by atomic mass is 35.5. The summed E-state index contributed by atoms with van der Waals surface area (Å²) in [6.07, 6.45) is 0. The Morgan fingerprint density at radius 1 is 1.21 bits per heavy atom. The average molecular weight is 294 g/mol. The maximum atomic E-state index is 5.89. The highest BCUT2D eigenvalue weighted by Crippen LogP contribution is 2.24. The standard InChI is InChI=1S/C15H16ClNOS/c1-11-9-13(17)5-6-15(11)19-8-7-18-14-4-2-3-12(16)10-14/h2-6,9-10H,7-8,17H2,1H3. The van der Waals surface area contributed by atoms with E-state index in [1.54, 1.807) is 11.8 Å². The van der Waals surface area contributed by atoms with Crippen molar-refractivity contribution in [1.82, 2.24) is 0 Å². The third kappa shape index (κ3) is 4.37. The van der Waals surface area contributed by atoms with Crippen molar-refractivity contribution >= 4 is 29.1 Å². The maximum absolute atomic E-state index is 5.89. The second kappa shape index (κ2) is 6.73. The minimum atomic E-state index is 0.648. The van der Waals surface area contributed by atoms with Gasteiger partial charge in [0.05, 0.1) is 6.61 Å². The topological polar surface area (TPSA) is 35.2 Å². The summed E-state index contributed by atoms with van der Waals surface area (Å²) in [6.45, 7) is 2.71. The van der Waals surface area contributed by atoms with Gasteiger partial charge in [0.1, 0.15) is 5.75 Å². The Bertz CT molecular complexity index is 560. The Morgan fingerprint density at radius 2 is 2.05 bits per heavy atom. The van der Waals surface area contributed by atoms with Crippen LogP contribution in [0.1, 0.15) is 5.56 Å². The third-order valence-corrected chi connectivity index (χ3v) is 3.98. The molecule has 0 aliphatic heterocycles. The Balaban J connectivity index is 1.81. The summed E-state index contributed by atoms with van der Waals surface area (Å²) in [6, 6.07) is 13.4. The van der Waals surface area contributed by atoms with E-state index in [9.17, 15) is 0 Å². The van der Waals surface area contributed by atoms with E-state index >= 15 is 0 Å². The molecule has 0 radical (unpaired) electrons. The zero-order valence-electron chi connectivity index (χ0n) is 10.7. The number of rotatable bonds is 5. The molecule has 0 unspecified atom stereocenters. The Hall–Kier alpha value is -1.32. The fourth-order valence-corrected chi connectivity index (χ4v) is 2.72. The van der Waals surface area contributed by atoms with Gasteiger partial charge >= 0.3 is 0 Å². The summed E-state index contributed by atoms with van der Waals surface area (Å²) in [5.41, 5.74) is 7.73. The fraction of sp³-hybridized carbons (Fsp3) is 0.200.